The maximum absolute atomic E-state index is 11.4. The van der Waals surface area contributed by atoms with Gasteiger partial charge in [0.1, 0.15) is 0 Å². The van der Waals surface area contributed by atoms with Crippen molar-refractivity contribution in [1.29, 1.82) is 0 Å². The van der Waals surface area contributed by atoms with Crippen molar-refractivity contribution in [2.24, 2.45) is 0 Å². The van der Waals surface area contributed by atoms with Gasteiger partial charge in [0.25, 0.3) is 0 Å². The second-order valence-corrected chi connectivity index (χ2v) is 3.83. The Bertz CT molecular complexity index is 159. The zero-order valence-electron chi connectivity index (χ0n) is 9.89. The number of hydrogen-bond acceptors (Lipinski definition) is 2. The maximum Gasteiger partial charge on any atom is 0.236 e. The predicted octanol–water partition coefficient (Wildman–Crippen LogP) is 1.68. The lowest BCUT2D eigenvalue weighted by atomic mass is 10.1. The number of nitrogens with one attached hydrogen (secondary N) is 2. The van der Waals surface area contributed by atoms with Crippen LogP contribution in [0.15, 0.2) is 0 Å². The van der Waals surface area contributed by atoms with Gasteiger partial charge >= 0.3 is 0 Å². The zero-order valence-corrected chi connectivity index (χ0v) is 9.89. The summed E-state index contributed by atoms with van der Waals surface area (Å²) in [7, 11) is 0. The molecule has 3 nitrogen and oxygen atoms in total. The first-order chi connectivity index (χ1) is 6.61. The summed E-state index contributed by atoms with van der Waals surface area (Å²) in [6.45, 7) is 8.86. The van der Waals surface area contributed by atoms with Gasteiger partial charge in [0, 0.05) is 12.6 Å². The average Bonchev–Trinajstić information content (AvgIpc) is 2.15. The van der Waals surface area contributed by atoms with Gasteiger partial charge in [-0.25, -0.2) is 0 Å². The summed E-state index contributed by atoms with van der Waals surface area (Å²) in [5.74, 6) is 0.0934. The molecule has 2 unspecified atom stereocenters. The fourth-order valence-electron chi connectivity index (χ4n) is 1.42. The Balaban J connectivity index is 3.68. The van der Waals surface area contributed by atoms with Crippen LogP contribution in [-0.2, 0) is 4.79 Å². The van der Waals surface area contributed by atoms with Gasteiger partial charge in [-0.05, 0) is 27.2 Å². The highest BCUT2D eigenvalue weighted by Crippen LogP contribution is 2.00. The second kappa shape index (κ2) is 7.80. The molecule has 0 saturated heterocycles. The number of amides is 1. The van der Waals surface area contributed by atoms with Gasteiger partial charge in [0.15, 0.2) is 0 Å². The van der Waals surface area contributed by atoms with Crippen molar-refractivity contribution in [2.75, 3.05) is 6.54 Å². The first-order valence-corrected chi connectivity index (χ1v) is 5.65. The zero-order chi connectivity index (χ0) is 11.0. The van der Waals surface area contributed by atoms with E-state index in [1.54, 1.807) is 0 Å². The highest BCUT2D eigenvalue weighted by molar-refractivity contribution is 5.81. The van der Waals surface area contributed by atoms with Crippen molar-refractivity contribution in [3.8, 4) is 0 Å². The van der Waals surface area contributed by atoms with Crippen molar-refractivity contribution < 1.29 is 4.79 Å². The van der Waals surface area contributed by atoms with Crippen LogP contribution in [0.25, 0.3) is 0 Å². The fraction of sp³-hybridized carbons (Fsp3) is 0.909. The molecule has 2 N–H and O–H groups in total. The number of carbonyl (C=O) groups excluding carboxylic acids is 1. The molecule has 1 amide bonds. The molecule has 3 heteroatoms. The Hall–Kier alpha value is -0.570. The lowest BCUT2D eigenvalue weighted by Gasteiger charge is -2.19. The Morgan fingerprint density at radius 1 is 1.29 bits per heavy atom. The molecule has 0 aliphatic carbocycles. The van der Waals surface area contributed by atoms with E-state index in [-0.39, 0.29) is 11.9 Å². The summed E-state index contributed by atoms with van der Waals surface area (Å²) in [5.41, 5.74) is 0. The minimum absolute atomic E-state index is 0.0817. The van der Waals surface area contributed by atoms with Crippen LogP contribution in [0, 0.1) is 0 Å². The molecule has 0 bridgehead atoms. The molecule has 84 valence electrons. The summed E-state index contributed by atoms with van der Waals surface area (Å²) in [6, 6.07) is 0.342. The summed E-state index contributed by atoms with van der Waals surface area (Å²) >= 11 is 0. The maximum atomic E-state index is 11.4. The lowest BCUT2D eigenvalue weighted by molar-refractivity contribution is -0.122. The normalized spacial score (nSPS) is 14.9. The number of rotatable bonds is 7. The van der Waals surface area contributed by atoms with E-state index in [0.29, 0.717) is 12.6 Å². The SMILES string of the molecule is CCCCC(C)NC(C)C(=O)NCC. The van der Waals surface area contributed by atoms with Crippen molar-refractivity contribution in [2.45, 2.75) is 59.0 Å². The van der Waals surface area contributed by atoms with E-state index in [9.17, 15) is 4.79 Å². The Morgan fingerprint density at radius 2 is 1.93 bits per heavy atom. The van der Waals surface area contributed by atoms with Crippen molar-refractivity contribution in [3.63, 3.8) is 0 Å². The Labute approximate surface area is 87.6 Å². The molecule has 14 heavy (non-hydrogen) atoms. The smallest absolute Gasteiger partial charge is 0.236 e. The minimum Gasteiger partial charge on any atom is -0.355 e. The summed E-state index contributed by atoms with van der Waals surface area (Å²) < 4.78 is 0. The fourth-order valence-corrected chi connectivity index (χ4v) is 1.42. The number of likely N-dealkylation sites (N-methyl/N-ethyl adjacent to an activating group) is 1. The van der Waals surface area contributed by atoms with Gasteiger partial charge in [-0.3, -0.25) is 4.79 Å². The van der Waals surface area contributed by atoms with Crippen molar-refractivity contribution in [1.82, 2.24) is 10.6 Å². The third-order valence-corrected chi connectivity index (χ3v) is 2.27. The van der Waals surface area contributed by atoms with Crippen LogP contribution in [-0.4, -0.2) is 24.5 Å². The van der Waals surface area contributed by atoms with Crippen LogP contribution in [0.1, 0.15) is 47.0 Å². The minimum atomic E-state index is -0.0817. The van der Waals surface area contributed by atoms with Crippen LogP contribution in [0.2, 0.25) is 0 Å². The molecule has 0 heterocycles. The molecule has 0 saturated carbocycles. The monoisotopic (exact) mass is 200 g/mol. The standard InChI is InChI=1S/C11H24N2O/c1-5-7-8-9(3)13-10(4)11(14)12-6-2/h9-10,13H,5-8H2,1-4H3,(H,12,14). The van der Waals surface area contributed by atoms with Crippen LogP contribution in [0.4, 0.5) is 0 Å². The summed E-state index contributed by atoms with van der Waals surface area (Å²) in [5, 5.41) is 6.09. The molecule has 0 rings (SSSR count). The number of carbonyl (C=O) groups is 1. The Morgan fingerprint density at radius 3 is 2.43 bits per heavy atom. The molecule has 0 aromatic carbocycles. The molecule has 0 radical (unpaired) electrons. The van der Waals surface area contributed by atoms with E-state index in [4.69, 9.17) is 0 Å². The molecule has 0 spiro atoms. The highest BCUT2D eigenvalue weighted by atomic mass is 16.2. The topological polar surface area (TPSA) is 41.1 Å². The third kappa shape index (κ3) is 5.97. The quantitative estimate of drug-likeness (QED) is 0.656. The molecule has 0 aliphatic heterocycles. The van der Waals surface area contributed by atoms with E-state index in [1.807, 2.05) is 13.8 Å². The average molecular weight is 200 g/mol. The largest absolute Gasteiger partial charge is 0.355 e. The van der Waals surface area contributed by atoms with Gasteiger partial charge in [-0.2, -0.15) is 0 Å². The first kappa shape index (κ1) is 13.4. The van der Waals surface area contributed by atoms with E-state index >= 15 is 0 Å². The van der Waals surface area contributed by atoms with E-state index < -0.39 is 0 Å². The van der Waals surface area contributed by atoms with Gasteiger partial charge in [0.2, 0.25) is 5.91 Å². The van der Waals surface area contributed by atoms with E-state index in [1.165, 1.54) is 12.8 Å². The van der Waals surface area contributed by atoms with Crippen LogP contribution < -0.4 is 10.6 Å². The molecule has 2 atom stereocenters. The predicted molar refractivity (Wildman–Crippen MR) is 60.3 cm³/mol. The number of unbranched alkanes of at least 4 members (excludes halogenated alkanes) is 1. The van der Waals surface area contributed by atoms with Gasteiger partial charge in [-0.15, -0.1) is 0 Å². The van der Waals surface area contributed by atoms with Gasteiger partial charge < -0.3 is 10.6 Å². The molecule has 0 aromatic rings. The van der Waals surface area contributed by atoms with Crippen molar-refractivity contribution >= 4 is 5.91 Å². The van der Waals surface area contributed by atoms with E-state index in [2.05, 4.69) is 24.5 Å². The first-order valence-electron chi connectivity index (χ1n) is 5.65. The van der Waals surface area contributed by atoms with E-state index in [0.717, 1.165) is 6.42 Å². The van der Waals surface area contributed by atoms with Crippen LogP contribution >= 0.6 is 0 Å². The molecule has 0 aromatic heterocycles. The molecular formula is C11H24N2O. The summed E-state index contributed by atoms with van der Waals surface area (Å²) in [4.78, 5) is 11.4. The van der Waals surface area contributed by atoms with Crippen molar-refractivity contribution in [3.05, 3.63) is 0 Å². The third-order valence-electron chi connectivity index (χ3n) is 2.27. The van der Waals surface area contributed by atoms with Gasteiger partial charge in [0.05, 0.1) is 6.04 Å². The van der Waals surface area contributed by atoms with Crippen LogP contribution in [0.5, 0.6) is 0 Å². The summed E-state index contributed by atoms with van der Waals surface area (Å²) in [6.07, 6.45) is 3.57. The highest BCUT2D eigenvalue weighted by Gasteiger charge is 2.13. The number of hydrogen-bond donors (Lipinski definition) is 2. The van der Waals surface area contributed by atoms with Gasteiger partial charge in [-0.1, -0.05) is 19.8 Å². The van der Waals surface area contributed by atoms with Crippen LogP contribution in [0.3, 0.4) is 0 Å². The molecule has 0 aliphatic rings. The lowest BCUT2D eigenvalue weighted by Crippen LogP contribution is -2.45. The molecule has 0 fully saturated rings. The second-order valence-electron chi connectivity index (χ2n) is 3.83. The Kier molecular flexibility index (Phi) is 7.48. The molecular weight excluding hydrogens is 176 g/mol.